The Hall–Kier alpha value is -0.960. The van der Waals surface area contributed by atoms with Gasteiger partial charge in [0.1, 0.15) is 10.8 Å². The number of hydrogen-bond acceptors (Lipinski definition) is 5. The minimum absolute atomic E-state index is 0.00690. The maximum Gasteiger partial charge on any atom is 0.249 e. The second-order valence-corrected chi connectivity index (χ2v) is 6.42. The summed E-state index contributed by atoms with van der Waals surface area (Å²) in [5.41, 5.74) is 0. The van der Waals surface area contributed by atoms with E-state index >= 15 is 0 Å². The minimum Gasteiger partial charge on any atom is -0.375 e. The summed E-state index contributed by atoms with van der Waals surface area (Å²) in [5, 5.41) is 2.61. The van der Waals surface area contributed by atoms with Crippen LogP contribution in [0.15, 0.2) is 16.3 Å². The van der Waals surface area contributed by atoms with Gasteiger partial charge in [-0.3, -0.25) is 4.79 Å². The van der Waals surface area contributed by atoms with Crippen molar-refractivity contribution in [3.05, 3.63) is 17.0 Å². The van der Waals surface area contributed by atoms with Gasteiger partial charge >= 0.3 is 0 Å². The van der Waals surface area contributed by atoms with Gasteiger partial charge in [0.25, 0.3) is 0 Å². The van der Waals surface area contributed by atoms with Crippen LogP contribution in [0.2, 0.25) is 0 Å². The molecule has 1 rings (SSSR count). The topological polar surface area (TPSA) is 84.5 Å². The van der Waals surface area contributed by atoms with Crippen LogP contribution in [0.1, 0.15) is 4.88 Å². The molecule has 0 radical (unpaired) electrons. The van der Waals surface area contributed by atoms with Gasteiger partial charge in [-0.05, 0) is 19.2 Å². The van der Waals surface area contributed by atoms with Crippen molar-refractivity contribution in [3.8, 4) is 0 Å². The zero-order chi connectivity index (χ0) is 12.9. The Labute approximate surface area is 104 Å². The average Bonchev–Trinajstić information content (AvgIpc) is 2.76. The van der Waals surface area contributed by atoms with Gasteiger partial charge in [-0.25, -0.2) is 13.1 Å². The maximum absolute atomic E-state index is 11.4. The third kappa shape index (κ3) is 4.08. The second kappa shape index (κ2) is 6.10. The van der Waals surface area contributed by atoms with Crippen LogP contribution in [-0.2, 0) is 26.1 Å². The van der Waals surface area contributed by atoms with Gasteiger partial charge in [0, 0.05) is 12.0 Å². The van der Waals surface area contributed by atoms with Crippen LogP contribution in [0.5, 0.6) is 0 Å². The van der Waals surface area contributed by atoms with Crippen molar-refractivity contribution in [2.45, 2.75) is 10.8 Å². The largest absolute Gasteiger partial charge is 0.375 e. The number of hydrogen-bond donors (Lipinski definition) is 2. The fourth-order valence-electron chi connectivity index (χ4n) is 1.07. The minimum atomic E-state index is -3.40. The van der Waals surface area contributed by atoms with Gasteiger partial charge in [-0.15, -0.1) is 11.3 Å². The van der Waals surface area contributed by atoms with Crippen molar-refractivity contribution in [2.24, 2.45) is 0 Å². The van der Waals surface area contributed by atoms with Crippen LogP contribution in [0, 0.1) is 0 Å². The molecule has 17 heavy (non-hydrogen) atoms. The van der Waals surface area contributed by atoms with Crippen molar-refractivity contribution < 1.29 is 17.9 Å². The Morgan fingerprint density at radius 3 is 2.76 bits per heavy atom. The van der Waals surface area contributed by atoms with Crippen molar-refractivity contribution in [3.63, 3.8) is 0 Å². The zero-order valence-corrected chi connectivity index (χ0v) is 11.2. The van der Waals surface area contributed by atoms with Crippen LogP contribution in [-0.4, -0.2) is 35.1 Å². The molecule has 1 aromatic rings. The molecule has 0 aromatic carbocycles. The Bertz CT molecular complexity index is 481. The van der Waals surface area contributed by atoms with Gasteiger partial charge < -0.3 is 10.1 Å². The van der Waals surface area contributed by atoms with E-state index in [1.807, 2.05) is 0 Å². The van der Waals surface area contributed by atoms with Gasteiger partial charge in [0.05, 0.1) is 6.54 Å². The van der Waals surface area contributed by atoms with Crippen LogP contribution in [0.3, 0.4) is 0 Å². The standard InChI is InChI=1S/C9H14N2O4S2/c1-10-17(13,14)9-4-3-7(16-9)5-11-8(12)6-15-2/h3-4,10H,5-6H2,1-2H3,(H,11,12). The second-order valence-electron chi connectivity index (χ2n) is 3.14. The molecule has 2 N–H and O–H groups in total. The van der Waals surface area contributed by atoms with E-state index in [9.17, 15) is 13.2 Å². The van der Waals surface area contributed by atoms with E-state index in [0.29, 0.717) is 6.54 Å². The van der Waals surface area contributed by atoms with E-state index in [-0.39, 0.29) is 16.7 Å². The van der Waals surface area contributed by atoms with E-state index in [0.717, 1.165) is 16.2 Å². The smallest absolute Gasteiger partial charge is 0.249 e. The SMILES string of the molecule is CNS(=O)(=O)c1ccc(CNC(=O)COC)s1. The van der Waals surface area contributed by atoms with Gasteiger partial charge in [0.15, 0.2) is 0 Å². The Kier molecular flexibility index (Phi) is 5.06. The molecule has 0 fully saturated rings. The zero-order valence-electron chi connectivity index (χ0n) is 9.52. The predicted octanol–water partition coefficient (Wildman–Crippen LogP) is -0.0812. The molecule has 1 amide bonds. The molecule has 0 saturated heterocycles. The number of carbonyl (C=O) groups is 1. The molecule has 0 saturated carbocycles. The normalized spacial score (nSPS) is 11.4. The highest BCUT2D eigenvalue weighted by molar-refractivity contribution is 7.91. The van der Waals surface area contributed by atoms with E-state index < -0.39 is 10.0 Å². The molecule has 0 aliphatic rings. The Balaban J connectivity index is 2.61. The first-order chi connectivity index (χ1) is 7.99. The average molecular weight is 278 g/mol. The number of methoxy groups -OCH3 is 1. The predicted molar refractivity (Wildman–Crippen MR) is 64.3 cm³/mol. The van der Waals surface area contributed by atoms with Crippen molar-refractivity contribution in [1.29, 1.82) is 0 Å². The van der Waals surface area contributed by atoms with Crippen LogP contribution >= 0.6 is 11.3 Å². The lowest BCUT2D eigenvalue weighted by Gasteiger charge is -2.01. The summed E-state index contributed by atoms with van der Waals surface area (Å²) >= 11 is 1.12. The third-order valence-corrected chi connectivity index (χ3v) is 4.90. The number of ether oxygens (including phenoxy) is 1. The highest BCUT2D eigenvalue weighted by Crippen LogP contribution is 2.20. The fourth-order valence-corrected chi connectivity index (χ4v) is 3.20. The number of nitrogens with one attached hydrogen (secondary N) is 2. The summed E-state index contributed by atoms with van der Waals surface area (Å²) in [6.07, 6.45) is 0. The molecule has 1 heterocycles. The number of thiophene rings is 1. The molecule has 1 aromatic heterocycles. The van der Waals surface area contributed by atoms with Crippen molar-refractivity contribution in [2.75, 3.05) is 20.8 Å². The summed E-state index contributed by atoms with van der Waals surface area (Å²) in [7, 11) is -0.606. The number of carbonyl (C=O) groups excluding carboxylic acids is 1. The first kappa shape index (κ1) is 14.1. The fraction of sp³-hybridized carbons (Fsp3) is 0.444. The lowest BCUT2D eigenvalue weighted by Crippen LogP contribution is -2.26. The Morgan fingerprint density at radius 2 is 2.18 bits per heavy atom. The highest BCUT2D eigenvalue weighted by Gasteiger charge is 2.14. The van der Waals surface area contributed by atoms with E-state index in [1.54, 1.807) is 6.07 Å². The summed E-state index contributed by atoms with van der Waals surface area (Å²) in [5.74, 6) is -0.237. The summed E-state index contributed by atoms with van der Waals surface area (Å²) in [6.45, 7) is 0.291. The summed E-state index contributed by atoms with van der Waals surface area (Å²) < 4.78 is 30.0. The molecule has 0 aliphatic carbocycles. The van der Waals surface area contributed by atoms with E-state index in [4.69, 9.17) is 0 Å². The lowest BCUT2D eigenvalue weighted by molar-refractivity contribution is -0.124. The molecule has 0 bridgehead atoms. The van der Waals surface area contributed by atoms with Crippen molar-refractivity contribution >= 4 is 27.3 Å². The quantitative estimate of drug-likeness (QED) is 0.762. The monoisotopic (exact) mass is 278 g/mol. The summed E-state index contributed by atoms with van der Waals surface area (Å²) in [6, 6.07) is 3.18. The van der Waals surface area contributed by atoms with Crippen LogP contribution in [0.4, 0.5) is 0 Å². The Morgan fingerprint density at radius 1 is 1.47 bits per heavy atom. The van der Waals surface area contributed by atoms with Crippen LogP contribution < -0.4 is 10.0 Å². The molecule has 8 heteroatoms. The molecule has 0 spiro atoms. The molecule has 0 aliphatic heterocycles. The highest BCUT2D eigenvalue weighted by atomic mass is 32.2. The molecule has 6 nitrogen and oxygen atoms in total. The first-order valence-corrected chi connectivity index (χ1v) is 7.07. The number of sulfonamides is 1. The molecule has 0 atom stereocenters. The van der Waals surface area contributed by atoms with E-state index in [1.165, 1.54) is 20.2 Å². The van der Waals surface area contributed by atoms with Crippen molar-refractivity contribution in [1.82, 2.24) is 10.0 Å². The number of rotatable bonds is 6. The van der Waals surface area contributed by atoms with Crippen LogP contribution in [0.25, 0.3) is 0 Å². The van der Waals surface area contributed by atoms with Gasteiger partial charge in [-0.1, -0.05) is 0 Å². The third-order valence-electron chi connectivity index (χ3n) is 1.91. The summed E-state index contributed by atoms with van der Waals surface area (Å²) in [4.78, 5) is 11.9. The number of amides is 1. The molecule has 0 unspecified atom stereocenters. The lowest BCUT2D eigenvalue weighted by atomic mass is 10.4. The van der Waals surface area contributed by atoms with Gasteiger partial charge in [0.2, 0.25) is 15.9 Å². The first-order valence-electron chi connectivity index (χ1n) is 4.77. The molecule has 96 valence electrons. The van der Waals surface area contributed by atoms with Gasteiger partial charge in [-0.2, -0.15) is 0 Å². The maximum atomic E-state index is 11.4. The molecular formula is C9H14N2O4S2. The van der Waals surface area contributed by atoms with E-state index in [2.05, 4.69) is 14.8 Å². The molecular weight excluding hydrogens is 264 g/mol.